The standard InChI is InChI=1S/C19H27NO3/c1-13-10-17(23-12-19(2)6-8-20-9-7-19)16(14-4-5-14)11-15(13)18(21)22-3/h10-11,14,20H,4-9,12H2,1-3H3. The highest BCUT2D eigenvalue weighted by molar-refractivity contribution is 5.91. The fraction of sp³-hybridized carbons (Fsp3) is 0.632. The van der Waals surface area contributed by atoms with Gasteiger partial charge in [-0.05, 0) is 74.9 Å². The number of ether oxygens (including phenoxy) is 2. The van der Waals surface area contributed by atoms with Gasteiger partial charge in [-0.1, -0.05) is 6.92 Å². The van der Waals surface area contributed by atoms with Crippen LogP contribution in [0.5, 0.6) is 5.75 Å². The number of esters is 1. The number of hydrogen-bond acceptors (Lipinski definition) is 4. The van der Waals surface area contributed by atoms with Gasteiger partial charge in [0.2, 0.25) is 0 Å². The van der Waals surface area contributed by atoms with E-state index in [-0.39, 0.29) is 11.4 Å². The number of methoxy groups -OCH3 is 1. The lowest BCUT2D eigenvalue weighted by atomic mass is 9.82. The lowest BCUT2D eigenvalue weighted by Gasteiger charge is -2.34. The fourth-order valence-corrected chi connectivity index (χ4v) is 3.29. The number of carbonyl (C=O) groups is 1. The lowest BCUT2D eigenvalue weighted by molar-refractivity contribution is 0.0599. The molecule has 1 aromatic carbocycles. The van der Waals surface area contributed by atoms with Crippen molar-refractivity contribution in [2.75, 3.05) is 26.8 Å². The first-order valence-corrected chi connectivity index (χ1v) is 8.59. The molecule has 126 valence electrons. The second kappa shape index (κ2) is 6.52. The van der Waals surface area contributed by atoms with E-state index in [1.54, 1.807) is 0 Å². The minimum absolute atomic E-state index is 0.237. The Morgan fingerprint density at radius 3 is 2.61 bits per heavy atom. The molecule has 0 radical (unpaired) electrons. The lowest BCUT2D eigenvalue weighted by Crippen LogP contribution is -2.38. The van der Waals surface area contributed by atoms with Crippen molar-refractivity contribution in [2.45, 2.75) is 45.4 Å². The molecule has 1 saturated heterocycles. The van der Waals surface area contributed by atoms with Crippen LogP contribution in [0.3, 0.4) is 0 Å². The van der Waals surface area contributed by atoms with Gasteiger partial charge in [-0.3, -0.25) is 0 Å². The van der Waals surface area contributed by atoms with Gasteiger partial charge in [0.25, 0.3) is 0 Å². The summed E-state index contributed by atoms with van der Waals surface area (Å²) in [7, 11) is 1.43. The number of carbonyl (C=O) groups excluding carboxylic acids is 1. The molecule has 0 unspecified atom stereocenters. The Labute approximate surface area is 138 Å². The summed E-state index contributed by atoms with van der Waals surface area (Å²) in [6.45, 7) is 7.12. The van der Waals surface area contributed by atoms with Crippen molar-refractivity contribution in [3.8, 4) is 5.75 Å². The average Bonchev–Trinajstić information content (AvgIpc) is 3.38. The van der Waals surface area contributed by atoms with Gasteiger partial charge < -0.3 is 14.8 Å². The molecule has 0 amide bonds. The molecule has 0 aromatic heterocycles. The Morgan fingerprint density at radius 1 is 1.30 bits per heavy atom. The van der Waals surface area contributed by atoms with Crippen molar-refractivity contribution in [1.29, 1.82) is 0 Å². The van der Waals surface area contributed by atoms with E-state index >= 15 is 0 Å². The minimum atomic E-state index is -0.263. The zero-order chi connectivity index (χ0) is 16.4. The summed E-state index contributed by atoms with van der Waals surface area (Å²) in [6, 6.07) is 4.00. The molecule has 2 fully saturated rings. The SMILES string of the molecule is COC(=O)c1cc(C2CC2)c(OCC2(C)CCNCC2)cc1C. The topological polar surface area (TPSA) is 47.6 Å². The summed E-state index contributed by atoms with van der Waals surface area (Å²) >= 11 is 0. The van der Waals surface area contributed by atoms with Crippen LogP contribution in [0, 0.1) is 12.3 Å². The smallest absolute Gasteiger partial charge is 0.338 e. The third kappa shape index (κ3) is 3.69. The first-order valence-electron chi connectivity index (χ1n) is 8.59. The molecule has 4 heteroatoms. The molecule has 1 aliphatic carbocycles. The van der Waals surface area contributed by atoms with Gasteiger partial charge in [0, 0.05) is 5.41 Å². The number of piperidine rings is 1. The van der Waals surface area contributed by atoms with E-state index in [0.29, 0.717) is 11.5 Å². The maximum Gasteiger partial charge on any atom is 0.338 e. The van der Waals surface area contributed by atoms with Crippen molar-refractivity contribution >= 4 is 5.97 Å². The number of aryl methyl sites for hydroxylation is 1. The third-order valence-corrected chi connectivity index (χ3v) is 5.17. The summed E-state index contributed by atoms with van der Waals surface area (Å²) in [5.74, 6) is 1.23. The van der Waals surface area contributed by atoms with Crippen LogP contribution in [0.15, 0.2) is 12.1 Å². The maximum absolute atomic E-state index is 11.9. The number of nitrogens with one attached hydrogen (secondary N) is 1. The molecule has 1 heterocycles. The molecule has 1 aliphatic heterocycles. The largest absolute Gasteiger partial charge is 0.493 e. The zero-order valence-corrected chi connectivity index (χ0v) is 14.4. The molecule has 0 atom stereocenters. The molecule has 23 heavy (non-hydrogen) atoms. The van der Waals surface area contributed by atoms with E-state index in [1.165, 1.54) is 25.5 Å². The van der Waals surface area contributed by atoms with Crippen molar-refractivity contribution in [1.82, 2.24) is 5.32 Å². The average molecular weight is 317 g/mol. The highest BCUT2D eigenvalue weighted by Gasteiger charge is 2.31. The number of rotatable bonds is 5. The summed E-state index contributed by atoms with van der Waals surface area (Å²) in [6.07, 6.45) is 4.65. The Hall–Kier alpha value is -1.55. The van der Waals surface area contributed by atoms with E-state index in [9.17, 15) is 4.79 Å². The highest BCUT2D eigenvalue weighted by atomic mass is 16.5. The highest BCUT2D eigenvalue weighted by Crippen LogP contribution is 2.45. The second-order valence-electron chi connectivity index (χ2n) is 7.32. The quantitative estimate of drug-likeness (QED) is 0.845. The van der Waals surface area contributed by atoms with E-state index in [2.05, 4.69) is 12.2 Å². The van der Waals surface area contributed by atoms with Crippen molar-refractivity contribution in [3.63, 3.8) is 0 Å². The molecular formula is C19H27NO3. The Morgan fingerprint density at radius 2 is 2.00 bits per heavy atom. The van der Waals surface area contributed by atoms with Crippen LogP contribution in [0.1, 0.15) is 60.0 Å². The Bertz CT molecular complexity index is 587. The van der Waals surface area contributed by atoms with Gasteiger partial charge >= 0.3 is 5.97 Å². The first kappa shape index (κ1) is 16.3. The Kier molecular flexibility index (Phi) is 4.62. The minimum Gasteiger partial charge on any atom is -0.493 e. The van der Waals surface area contributed by atoms with Crippen LogP contribution in [0.25, 0.3) is 0 Å². The molecule has 1 aromatic rings. The zero-order valence-electron chi connectivity index (χ0n) is 14.4. The van der Waals surface area contributed by atoms with E-state index in [1.807, 2.05) is 19.1 Å². The van der Waals surface area contributed by atoms with Gasteiger partial charge in [-0.2, -0.15) is 0 Å². The number of hydrogen-bond donors (Lipinski definition) is 1. The van der Waals surface area contributed by atoms with Crippen LogP contribution in [0.4, 0.5) is 0 Å². The molecule has 0 spiro atoms. The van der Waals surface area contributed by atoms with Crippen LogP contribution in [-0.2, 0) is 4.74 Å². The van der Waals surface area contributed by atoms with Crippen LogP contribution < -0.4 is 10.1 Å². The molecule has 0 bridgehead atoms. The normalized spacial score (nSPS) is 20.1. The molecular weight excluding hydrogens is 290 g/mol. The van der Waals surface area contributed by atoms with Gasteiger partial charge in [-0.15, -0.1) is 0 Å². The first-order chi connectivity index (χ1) is 11.0. The monoisotopic (exact) mass is 317 g/mol. The molecule has 2 aliphatic rings. The van der Waals surface area contributed by atoms with Crippen LogP contribution >= 0.6 is 0 Å². The van der Waals surface area contributed by atoms with Crippen molar-refractivity contribution < 1.29 is 14.3 Å². The van der Waals surface area contributed by atoms with Gasteiger partial charge in [0.15, 0.2) is 0 Å². The second-order valence-corrected chi connectivity index (χ2v) is 7.32. The van der Waals surface area contributed by atoms with Crippen LogP contribution in [0.2, 0.25) is 0 Å². The van der Waals surface area contributed by atoms with Crippen molar-refractivity contribution in [3.05, 3.63) is 28.8 Å². The van der Waals surface area contributed by atoms with Gasteiger partial charge in [0.1, 0.15) is 5.75 Å². The summed E-state index contributed by atoms with van der Waals surface area (Å²) in [4.78, 5) is 11.9. The van der Waals surface area contributed by atoms with Gasteiger partial charge in [0.05, 0.1) is 19.3 Å². The third-order valence-electron chi connectivity index (χ3n) is 5.17. The predicted molar refractivity (Wildman–Crippen MR) is 90.2 cm³/mol. The van der Waals surface area contributed by atoms with Gasteiger partial charge in [-0.25, -0.2) is 4.79 Å². The maximum atomic E-state index is 11.9. The fourth-order valence-electron chi connectivity index (χ4n) is 3.29. The summed E-state index contributed by atoms with van der Waals surface area (Å²) in [5, 5.41) is 3.41. The molecule has 3 rings (SSSR count). The van der Waals surface area contributed by atoms with Crippen molar-refractivity contribution in [2.24, 2.45) is 5.41 Å². The van der Waals surface area contributed by atoms with E-state index in [0.717, 1.165) is 43.9 Å². The van der Waals surface area contributed by atoms with E-state index < -0.39 is 0 Å². The van der Waals surface area contributed by atoms with E-state index in [4.69, 9.17) is 9.47 Å². The predicted octanol–water partition coefficient (Wildman–Crippen LogP) is 3.43. The summed E-state index contributed by atoms with van der Waals surface area (Å²) < 4.78 is 11.1. The molecule has 1 saturated carbocycles. The molecule has 4 nitrogen and oxygen atoms in total. The van der Waals surface area contributed by atoms with Crippen LogP contribution in [-0.4, -0.2) is 32.8 Å². The number of benzene rings is 1. The summed E-state index contributed by atoms with van der Waals surface area (Å²) in [5.41, 5.74) is 3.00. The molecule has 1 N–H and O–H groups in total. The Balaban J connectivity index is 1.80.